The molecule has 0 saturated carbocycles. The second-order valence-corrected chi connectivity index (χ2v) is 9.92. The van der Waals surface area contributed by atoms with Gasteiger partial charge in [0.1, 0.15) is 23.7 Å². The van der Waals surface area contributed by atoms with E-state index >= 15 is 0 Å². The molecule has 3 aromatic carbocycles. The SMILES string of the molecule is C=CCc1cc(/C=C2\C(=O)NC(=S)N(c3cccc(Cl)c3Cl)C2=O)cc(Br)c1OCc1ccccc1F. The lowest BCUT2D eigenvalue weighted by Crippen LogP contribution is -2.54. The van der Waals surface area contributed by atoms with E-state index in [2.05, 4.69) is 27.8 Å². The molecule has 0 aromatic heterocycles. The van der Waals surface area contributed by atoms with Crippen molar-refractivity contribution < 1.29 is 18.7 Å². The van der Waals surface area contributed by atoms with Crippen molar-refractivity contribution in [1.29, 1.82) is 0 Å². The molecule has 4 rings (SSSR count). The molecule has 5 nitrogen and oxygen atoms in total. The summed E-state index contributed by atoms with van der Waals surface area (Å²) >= 11 is 21.2. The van der Waals surface area contributed by atoms with Crippen molar-refractivity contribution in [3.05, 3.63) is 110 Å². The van der Waals surface area contributed by atoms with E-state index in [1.807, 2.05) is 0 Å². The van der Waals surface area contributed by atoms with Crippen LogP contribution < -0.4 is 15.0 Å². The monoisotopic (exact) mass is 618 g/mol. The van der Waals surface area contributed by atoms with Gasteiger partial charge in [-0.2, -0.15) is 0 Å². The molecule has 1 aliphatic rings. The molecule has 188 valence electrons. The number of anilines is 1. The van der Waals surface area contributed by atoms with Crippen LogP contribution in [0.2, 0.25) is 10.0 Å². The Labute approximate surface area is 236 Å². The Morgan fingerprint density at radius 2 is 1.86 bits per heavy atom. The fraction of sp³-hybridized carbons (Fsp3) is 0.0741. The van der Waals surface area contributed by atoms with Gasteiger partial charge in [-0.25, -0.2) is 4.39 Å². The molecule has 0 bridgehead atoms. The summed E-state index contributed by atoms with van der Waals surface area (Å²) in [5.41, 5.74) is 1.78. The van der Waals surface area contributed by atoms with E-state index in [1.54, 1.807) is 54.6 Å². The lowest BCUT2D eigenvalue weighted by Gasteiger charge is -2.29. The highest BCUT2D eigenvalue weighted by molar-refractivity contribution is 9.10. The number of thiocarbonyl (C=S) groups is 1. The van der Waals surface area contributed by atoms with Crippen molar-refractivity contribution in [1.82, 2.24) is 5.32 Å². The summed E-state index contributed by atoms with van der Waals surface area (Å²) in [5.74, 6) is -1.17. The second-order valence-electron chi connectivity index (χ2n) is 7.89. The molecule has 3 aromatic rings. The van der Waals surface area contributed by atoms with Crippen LogP contribution in [0.15, 0.2) is 77.3 Å². The third-order valence-electron chi connectivity index (χ3n) is 5.42. The van der Waals surface area contributed by atoms with Crippen molar-refractivity contribution in [3.63, 3.8) is 0 Å². The Morgan fingerprint density at radius 3 is 2.59 bits per heavy atom. The third-order valence-corrected chi connectivity index (χ3v) is 7.10. The molecule has 37 heavy (non-hydrogen) atoms. The number of rotatable bonds is 7. The number of nitrogens with one attached hydrogen (secondary N) is 1. The molecule has 1 N–H and O–H groups in total. The zero-order valence-corrected chi connectivity index (χ0v) is 23.0. The predicted octanol–water partition coefficient (Wildman–Crippen LogP) is 7.03. The second kappa shape index (κ2) is 11.6. The molecule has 10 heteroatoms. The molecule has 2 amide bonds. The summed E-state index contributed by atoms with van der Waals surface area (Å²) < 4.78 is 20.5. The smallest absolute Gasteiger partial charge is 0.270 e. The van der Waals surface area contributed by atoms with E-state index in [0.717, 1.165) is 10.5 Å². The van der Waals surface area contributed by atoms with E-state index < -0.39 is 11.8 Å². The number of hydrogen-bond donors (Lipinski definition) is 1. The van der Waals surface area contributed by atoms with E-state index in [1.165, 1.54) is 12.1 Å². The van der Waals surface area contributed by atoms with Gasteiger partial charge in [0.2, 0.25) is 0 Å². The van der Waals surface area contributed by atoms with Gasteiger partial charge in [0.05, 0.1) is 20.2 Å². The maximum absolute atomic E-state index is 14.1. The predicted molar refractivity (Wildman–Crippen MR) is 151 cm³/mol. The maximum Gasteiger partial charge on any atom is 0.270 e. The number of benzene rings is 3. The van der Waals surface area contributed by atoms with E-state index in [9.17, 15) is 14.0 Å². The zero-order chi connectivity index (χ0) is 26.7. The number of carbonyl (C=O) groups excluding carboxylic acids is 2. The van der Waals surface area contributed by atoms with Crippen molar-refractivity contribution >= 4 is 80.0 Å². The highest BCUT2D eigenvalue weighted by atomic mass is 79.9. The minimum Gasteiger partial charge on any atom is -0.487 e. The van der Waals surface area contributed by atoms with Crippen LogP contribution in [0.25, 0.3) is 6.08 Å². The number of ether oxygens (including phenoxy) is 1. The van der Waals surface area contributed by atoms with Crippen molar-refractivity contribution in [2.24, 2.45) is 0 Å². The van der Waals surface area contributed by atoms with Gasteiger partial charge in [0.25, 0.3) is 11.8 Å². The number of hydrogen-bond acceptors (Lipinski definition) is 4. The molecule has 1 fully saturated rings. The van der Waals surface area contributed by atoms with Crippen molar-refractivity contribution in [2.75, 3.05) is 4.90 Å². The molecule has 0 radical (unpaired) electrons. The fourth-order valence-corrected chi connectivity index (χ4v) is 4.99. The lowest BCUT2D eigenvalue weighted by atomic mass is 10.0. The first-order valence-corrected chi connectivity index (χ1v) is 12.8. The Kier molecular flexibility index (Phi) is 8.44. The number of allylic oxidation sites excluding steroid dienone is 1. The summed E-state index contributed by atoms with van der Waals surface area (Å²) in [4.78, 5) is 27.3. The van der Waals surface area contributed by atoms with Gasteiger partial charge in [0, 0.05) is 5.56 Å². The third kappa shape index (κ3) is 5.78. The number of nitrogens with zero attached hydrogens (tertiary/aromatic N) is 1. The molecule has 0 aliphatic carbocycles. The zero-order valence-electron chi connectivity index (χ0n) is 19.1. The van der Waals surface area contributed by atoms with E-state index in [-0.39, 0.29) is 38.8 Å². The minimum absolute atomic E-state index is 0.0174. The molecule has 1 heterocycles. The van der Waals surface area contributed by atoms with E-state index in [0.29, 0.717) is 27.8 Å². The van der Waals surface area contributed by atoms with Crippen LogP contribution in [-0.2, 0) is 22.6 Å². The molecule has 1 saturated heterocycles. The van der Waals surface area contributed by atoms with Crippen LogP contribution in [0.3, 0.4) is 0 Å². The largest absolute Gasteiger partial charge is 0.487 e. The van der Waals surface area contributed by atoms with Crippen molar-refractivity contribution in [3.8, 4) is 5.75 Å². The Balaban J connectivity index is 1.70. The molecule has 0 atom stereocenters. The quantitative estimate of drug-likeness (QED) is 0.133. The summed E-state index contributed by atoms with van der Waals surface area (Å²) in [6.07, 6.45) is 3.56. The minimum atomic E-state index is -0.654. The van der Waals surface area contributed by atoms with Gasteiger partial charge in [0.15, 0.2) is 5.11 Å². The Hall–Kier alpha value is -3.04. The van der Waals surface area contributed by atoms with E-state index in [4.69, 9.17) is 40.2 Å². The van der Waals surface area contributed by atoms with Gasteiger partial charge in [-0.1, -0.05) is 53.5 Å². The van der Waals surface area contributed by atoms with Crippen LogP contribution in [0, 0.1) is 5.82 Å². The summed E-state index contributed by atoms with van der Waals surface area (Å²) in [5, 5.41) is 2.78. The number of carbonyl (C=O) groups is 2. The molecule has 1 aliphatic heterocycles. The summed E-state index contributed by atoms with van der Waals surface area (Å²) in [6, 6.07) is 14.6. The Morgan fingerprint density at radius 1 is 1.11 bits per heavy atom. The van der Waals surface area contributed by atoms with Crippen LogP contribution in [0.1, 0.15) is 16.7 Å². The van der Waals surface area contributed by atoms with Crippen LogP contribution >= 0.6 is 51.3 Å². The van der Waals surface area contributed by atoms with Gasteiger partial charge in [-0.15, -0.1) is 6.58 Å². The van der Waals surface area contributed by atoms with Gasteiger partial charge in [-0.3, -0.25) is 19.8 Å². The van der Waals surface area contributed by atoms with Gasteiger partial charge in [-0.05, 0) is 82.1 Å². The number of halogens is 4. The van der Waals surface area contributed by atoms with Crippen LogP contribution in [0.4, 0.5) is 10.1 Å². The Bertz CT molecular complexity index is 1480. The highest BCUT2D eigenvalue weighted by Crippen LogP contribution is 2.36. The first kappa shape index (κ1) is 27.0. The molecular formula is C27H18BrCl2FN2O3S. The average Bonchev–Trinajstić information content (AvgIpc) is 2.85. The first-order valence-electron chi connectivity index (χ1n) is 10.9. The molecule has 0 spiro atoms. The first-order chi connectivity index (χ1) is 17.7. The maximum atomic E-state index is 14.1. The van der Waals surface area contributed by atoms with Crippen molar-refractivity contribution in [2.45, 2.75) is 13.0 Å². The van der Waals surface area contributed by atoms with Gasteiger partial charge >= 0.3 is 0 Å². The molecular weight excluding hydrogens is 602 g/mol. The lowest BCUT2D eigenvalue weighted by molar-refractivity contribution is -0.122. The van der Waals surface area contributed by atoms with Crippen LogP contribution in [-0.4, -0.2) is 16.9 Å². The topological polar surface area (TPSA) is 58.6 Å². The molecule has 0 unspecified atom stereocenters. The fourth-order valence-electron chi connectivity index (χ4n) is 3.70. The number of amides is 2. The standard InChI is InChI=1S/C27H18BrCl2FN2O3S/c1-2-6-16-11-15(13-19(28)24(16)36-14-17-7-3-4-9-21(17)31)12-18-25(34)32-27(37)33(26(18)35)22-10-5-8-20(29)23(22)30/h2-5,7-13H,1,6,14H2,(H,32,34,37)/b18-12+. The normalized spacial score (nSPS) is 14.6. The van der Waals surface area contributed by atoms with Crippen LogP contribution in [0.5, 0.6) is 5.75 Å². The average molecular weight is 620 g/mol. The summed E-state index contributed by atoms with van der Waals surface area (Å²) in [6.45, 7) is 3.80. The summed E-state index contributed by atoms with van der Waals surface area (Å²) in [7, 11) is 0. The van der Waals surface area contributed by atoms with Gasteiger partial charge < -0.3 is 4.74 Å². The highest BCUT2D eigenvalue weighted by Gasteiger charge is 2.35.